The molecule has 1 aliphatic heterocycles. The molecule has 18 heavy (non-hydrogen) atoms. The summed E-state index contributed by atoms with van der Waals surface area (Å²) in [5, 5.41) is 22.4. The summed E-state index contributed by atoms with van der Waals surface area (Å²) in [6.45, 7) is 3.41. The molecule has 3 atom stereocenters. The van der Waals surface area contributed by atoms with Gasteiger partial charge in [0.1, 0.15) is 0 Å². The van der Waals surface area contributed by atoms with Crippen molar-refractivity contribution in [3.63, 3.8) is 0 Å². The van der Waals surface area contributed by atoms with Crippen molar-refractivity contribution in [3.05, 3.63) is 35.4 Å². The summed E-state index contributed by atoms with van der Waals surface area (Å²) in [7, 11) is 0. The highest BCUT2D eigenvalue weighted by Gasteiger charge is 2.21. The molecule has 1 aromatic rings. The van der Waals surface area contributed by atoms with Gasteiger partial charge in [-0.2, -0.15) is 5.26 Å². The van der Waals surface area contributed by atoms with Gasteiger partial charge in [-0.05, 0) is 31.0 Å². The van der Waals surface area contributed by atoms with Crippen LogP contribution in [0, 0.1) is 11.3 Å². The van der Waals surface area contributed by atoms with Crippen molar-refractivity contribution in [1.82, 2.24) is 5.32 Å². The molecule has 2 N–H and O–H groups in total. The number of aliphatic hydroxyl groups is 1. The normalized spacial score (nSPS) is 25.4. The zero-order chi connectivity index (χ0) is 13.0. The Labute approximate surface area is 107 Å². The molecule has 1 aromatic carbocycles. The second kappa shape index (κ2) is 5.96. The minimum atomic E-state index is -0.565. The number of aliphatic hydroxyl groups excluding tert-OH is 1. The summed E-state index contributed by atoms with van der Waals surface area (Å²) < 4.78 is 5.45. The van der Waals surface area contributed by atoms with Crippen LogP contribution in [0.2, 0.25) is 0 Å². The fourth-order valence-corrected chi connectivity index (χ4v) is 2.24. The van der Waals surface area contributed by atoms with Crippen LogP contribution < -0.4 is 5.32 Å². The molecule has 0 aliphatic carbocycles. The monoisotopic (exact) mass is 246 g/mol. The lowest BCUT2D eigenvalue weighted by atomic mass is 9.99. The van der Waals surface area contributed by atoms with Crippen molar-refractivity contribution in [2.75, 3.05) is 13.2 Å². The lowest BCUT2D eigenvalue weighted by Crippen LogP contribution is -2.47. The summed E-state index contributed by atoms with van der Waals surface area (Å²) in [6.07, 6.45) is 0.0314. The Morgan fingerprint density at radius 2 is 2.39 bits per heavy atom. The second-order valence-corrected chi connectivity index (χ2v) is 4.79. The number of hydrogen-bond acceptors (Lipinski definition) is 4. The van der Waals surface area contributed by atoms with Crippen molar-refractivity contribution >= 4 is 0 Å². The van der Waals surface area contributed by atoms with Crippen LogP contribution in [0.25, 0.3) is 0 Å². The largest absolute Gasteiger partial charge is 0.388 e. The summed E-state index contributed by atoms with van der Waals surface area (Å²) in [5.74, 6) is 0. The van der Waals surface area contributed by atoms with E-state index in [0.717, 1.165) is 12.2 Å². The third-order valence-corrected chi connectivity index (χ3v) is 3.12. The molecular weight excluding hydrogens is 228 g/mol. The topological polar surface area (TPSA) is 65.3 Å². The van der Waals surface area contributed by atoms with E-state index in [9.17, 15) is 5.11 Å². The van der Waals surface area contributed by atoms with Crippen LogP contribution in [-0.4, -0.2) is 30.4 Å². The first kappa shape index (κ1) is 13.0. The molecule has 4 heteroatoms. The molecule has 0 aromatic heterocycles. The SMILES string of the molecule is CC1COCC(CC(O)c2cccc(C#N)c2)N1. The Morgan fingerprint density at radius 1 is 1.56 bits per heavy atom. The van der Waals surface area contributed by atoms with Gasteiger partial charge in [0.2, 0.25) is 0 Å². The molecule has 0 radical (unpaired) electrons. The molecule has 2 rings (SSSR count). The van der Waals surface area contributed by atoms with E-state index in [1.54, 1.807) is 18.2 Å². The van der Waals surface area contributed by atoms with Crippen molar-refractivity contribution in [2.24, 2.45) is 0 Å². The van der Waals surface area contributed by atoms with E-state index in [2.05, 4.69) is 18.3 Å². The highest BCUT2D eigenvalue weighted by molar-refractivity contribution is 5.33. The number of rotatable bonds is 3. The van der Waals surface area contributed by atoms with E-state index in [-0.39, 0.29) is 6.04 Å². The molecule has 0 spiro atoms. The van der Waals surface area contributed by atoms with E-state index >= 15 is 0 Å². The van der Waals surface area contributed by atoms with Gasteiger partial charge in [-0.25, -0.2) is 0 Å². The molecule has 0 amide bonds. The van der Waals surface area contributed by atoms with Crippen LogP contribution in [0.3, 0.4) is 0 Å². The number of hydrogen-bond donors (Lipinski definition) is 2. The van der Waals surface area contributed by atoms with Crippen LogP contribution in [0.15, 0.2) is 24.3 Å². The van der Waals surface area contributed by atoms with Crippen LogP contribution in [0.5, 0.6) is 0 Å². The lowest BCUT2D eigenvalue weighted by molar-refractivity contribution is 0.0304. The summed E-state index contributed by atoms with van der Waals surface area (Å²) in [5.41, 5.74) is 1.36. The zero-order valence-corrected chi connectivity index (χ0v) is 10.5. The summed E-state index contributed by atoms with van der Waals surface area (Å²) in [4.78, 5) is 0. The van der Waals surface area contributed by atoms with Crippen LogP contribution >= 0.6 is 0 Å². The number of benzene rings is 1. The average Bonchev–Trinajstić information content (AvgIpc) is 2.39. The maximum atomic E-state index is 10.2. The smallest absolute Gasteiger partial charge is 0.0991 e. The molecule has 0 saturated carbocycles. The summed E-state index contributed by atoms with van der Waals surface area (Å²) >= 11 is 0. The van der Waals surface area contributed by atoms with E-state index in [4.69, 9.17) is 10.00 Å². The zero-order valence-electron chi connectivity index (χ0n) is 10.5. The first-order chi connectivity index (χ1) is 8.69. The standard InChI is InChI=1S/C14H18N2O2/c1-10-8-18-9-13(16-10)6-14(17)12-4-2-3-11(5-12)7-15/h2-5,10,13-14,16-17H,6,8-9H2,1H3. The lowest BCUT2D eigenvalue weighted by Gasteiger charge is -2.30. The molecule has 0 bridgehead atoms. The van der Waals surface area contributed by atoms with Gasteiger partial charge in [0.25, 0.3) is 0 Å². The molecule has 1 fully saturated rings. The van der Waals surface area contributed by atoms with Gasteiger partial charge in [-0.3, -0.25) is 0 Å². The van der Waals surface area contributed by atoms with Gasteiger partial charge < -0.3 is 15.2 Å². The molecular formula is C14H18N2O2. The van der Waals surface area contributed by atoms with Crippen molar-refractivity contribution in [1.29, 1.82) is 5.26 Å². The molecule has 1 saturated heterocycles. The minimum absolute atomic E-state index is 0.162. The third-order valence-electron chi connectivity index (χ3n) is 3.12. The fourth-order valence-electron chi connectivity index (χ4n) is 2.24. The number of nitriles is 1. The van der Waals surface area contributed by atoms with Gasteiger partial charge in [-0.15, -0.1) is 0 Å². The average molecular weight is 246 g/mol. The minimum Gasteiger partial charge on any atom is -0.388 e. The van der Waals surface area contributed by atoms with Gasteiger partial charge in [0.15, 0.2) is 0 Å². The molecule has 1 aliphatic rings. The number of morpholine rings is 1. The van der Waals surface area contributed by atoms with Crippen molar-refractivity contribution in [2.45, 2.75) is 31.5 Å². The van der Waals surface area contributed by atoms with Crippen LogP contribution in [0.4, 0.5) is 0 Å². The predicted molar refractivity (Wildman–Crippen MR) is 67.9 cm³/mol. The van der Waals surface area contributed by atoms with Gasteiger partial charge >= 0.3 is 0 Å². The second-order valence-electron chi connectivity index (χ2n) is 4.79. The van der Waals surface area contributed by atoms with E-state index in [0.29, 0.717) is 24.6 Å². The Bertz CT molecular complexity index is 442. The van der Waals surface area contributed by atoms with E-state index in [1.807, 2.05) is 6.07 Å². The highest BCUT2D eigenvalue weighted by Crippen LogP contribution is 2.20. The maximum Gasteiger partial charge on any atom is 0.0991 e. The first-order valence-electron chi connectivity index (χ1n) is 6.21. The Balaban J connectivity index is 1.98. The van der Waals surface area contributed by atoms with Crippen molar-refractivity contribution < 1.29 is 9.84 Å². The maximum absolute atomic E-state index is 10.2. The Morgan fingerprint density at radius 3 is 3.11 bits per heavy atom. The predicted octanol–water partition coefficient (Wildman–Crippen LogP) is 1.36. The highest BCUT2D eigenvalue weighted by atomic mass is 16.5. The molecule has 1 heterocycles. The molecule has 3 unspecified atom stereocenters. The number of nitrogens with one attached hydrogen (secondary N) is 1. The molecule has 4 nitrogen and oxygen atoms in total. The van der Waals surface area contributed by atoms with Crippen LogP contribution in [-0.2, 0) is 4.74 Å². The third kappa shape index (κ3) is 3.30. The van der Waals surface area contributed by atoms with E-state index < -0.39 is 6.10 Å². The van der Waals surface area contributed by atoms with Crippen LogP contribution in [0.1, 0.15) is 30.6 Å². The number of ether oxygens (including phenoxy) is 1. The van der Waals surface area contributed by atoms with Gasteiger partial charge in [-0.1, -0.05) is 12.1 Å². The van der Waals surface area contributed by atoms with Gasteiger partial charge in [0.05, 0.1) is 31.0 Å². The summed E-state index contributed by atoms with van der Waals surface area (Å²) in [6, 6.07) is 9.68. The Hall–Kier alpha value is -1.41. The first-order valence-corrected chi connectivity index (χ1v) is 6.21. The fraction of sp³-hybridized carbons (Fsp3) is 0.500. The van der Waals surface area contributed by atoms with Crippen molar-refractivity contribution in [3.8, 4) is 6.07 Å². The van der Waals surface area contributed by atoms with E-state index in [1.165, 1.54) is 0 Å². The van der Waals surface area contributed by atoms with Gasteiger partial charge in [0, 0.05) is 12.1 Å². The number of nitrogens with zero attached hydrogens (tertiary/aromatic N) is 1. The quantitative estimate of drug-likeness (QED) is 0.845. The Kier molecular flexibility index (Phi) is 4.32. The molecule has 96 valence electrons.